The summed E-state index contributed by atoms with van der Waals surface area (Å²) in [5.74, 6) is -0.0545. The summed E-state index contributed by atoms with van der Waals surface area (Å²) in [5, 5.41) is 8.62. The molecule has 0 atom stereocenters. The minimum absolute atomic E-state index is 0.0545. The number of nitrogens with zero attached hydrogens (tertiary/aromatic N) is 1. The number of anilines is 2. The van der Waals surface area contributed by atoms with Crippen molar-refractivity contribution in [1.82, 2.24) is 10.2 Å². The van der Waals surface area contributed by atoms with Crippen LogP contribution in [-0.2, 0) is 4.79 Å². The molecule has 0 radical (unpaired) electrons. The van der Waals surface area contributed by atoms with E-state index < -0.39 is 0 Å². The van der Waals surface area contributed by atoms with E-state index in [1.807, 2.05) is 0 Å². The lowest BCUT2D eigenvalue weighted by Crippen LogP contribution is -2.44. The number of hydrogen-bond donors (Lipinski definition) is 4. The molecule has 5 N–H and O–H groups in total. The molecule has 0 aliphatic carbocycles. The number of rotatable bonds is 6. The number of hydrogen-bond acceptors (Lipinski definition) is 4. The largest absolute Gasteiger partial charge is 0.335 e. The van der Waals surface area contributed by atoms with Crippen molar-refractivity contribution in [3.05, 3.63) is 24.3 Å². The van der Waals surface area contributed by atoms with Crippen LogP contribution in [0.1, 0.15) is 25.7 Å². The highest BCUT2D eigenvalue weighted by Crippen LogP contribution is 2.14. The van der Waals surface area contributed by atoms with Gasteiger partial charge in [0, 0.05) is 23.8 Å². The summed E-state index contributed by atoms with van der Waals surface area (Å²) >= 11 is 0. The molecule has 0 bridgehead atoms. The number of piperidine rings is 1. The quantitative estimate of drug-likeness (QED) is 0.635. The van der Waals surface area contributed by atoms with Gasteiger partial charge in [-0.15, -0.1) is 0 Å². The zero-order chi connectivity index (χ0) is 17.4. The van der Waals surface area contributed by atoms with E-state index in [0.29, 0.717) is 30.8 Å². The van der Waals surface area contributed by atoms with E-state index >= 15 is 0 Å². The van der Waals surface area contributed by atoms with Gasteiger partial charge in [0.1, 0.15) is 0 Å². The maximum atomic E-state index is 12.0. The van der Waals surface area contributed by atoms with Crippen LogP contribution >= 0.6 is 0 Å². The summed E-state index contributed by atoms with van der Waals surface area (Å²) in [5.41, 5.74) is 6.78. The van der Waals surface area contributed by atoms with Crippen molar-refractivity contribution in [3.8, 4) is 0 Å². The Hall–Kier alpha value is -2.12. The Labute approximate surface area is 143 Å². The van der Waals surface area contributed by atoms with Crippen molar-refractivity contribution < 1.29 is 9.59 Å². The number of urea groups is 1. The highest BCUT2D eigenvalue weighted by Gasteiger charge is 2.18. The Morgan fingerprint density at radius 1 is 1.12 bits per heavy atom. The molecule has 7 nitrogen and oxygen atoms in total. The second-order valence-electron chi connectivity index (χ2n) is 6.19. The second kappa shape index (κ2) is 9.24. The zero-order valence-corrected chi connectivity index (χ0v) is 14.2. The molecule has 3 amide bonds. The van der Waals surface area contributed by atoms with Crippen molar-refractivity contribution >= 4 is 23.3 Å². The van der Waals surface area contributed by atoms with Crippen LogP contribution in [0, 0.1) is 0 Å². The highest BCUT2D eigenvalue weighted by molar-refractivity contribution is 5.92. The molecule has 1 saturated heterocycles. The molecule has 0 unspecified atom stereocenters. The van der Waals surface area contributed by atoms with Crippen LogP contribution in [-0.4, -0.2) is 49.6 Å². The normalized spacial score (nSPS) is 15.8. The molecular formula is C17H27N5O2. The first-order valence-electron chi connectivity index (χ1n) is 8.43. The molecule has 1 aliphatic heterocycles. The van der Waals surface area contributed by atoms with Gasteiger partial charge < -0.3 is 26.6 Å². The summed E-state index contributed by atoms with van der Waals surface area (Å²) in [6, 6.07) is 7.11. The monoisotopic (exact) mass is 333 g/mol. The van der Waals surface area contributed by atoms with E-state index in [2.05, 4.69) is 27.9 Å². The lowest BCUT2D eigenvalue weighted by Gasteiger charge is -2.29. The van der Waals surface area contributed by atoms with E-state index in [0.717, 1.165) is 25.9 Å². The number of amides is 3. The smallest absolute Gasteiger partial charge is 0.319 e. The first kappa shape index (κ1) is 18.2. The summed E-state index contributed by atoms with van der Waals surface area (Å²) in [6.07, 6.45) is 3.02. The Morgan fingerprint density at radius 2 is 1.71 bits per heavy atom. The van der Waals surface area contributed by atoms with Gasteiger partial charge in [0.25, 0.3) is 0 Å². The molecule has 0 spiro atoms. The number of nitrogens with one attached hydrogen (secondary N) is 3. The average Bonchev–Trinajstić information content (AvgIpc) is 2.57. The summed E-state index contributed by atoms with van der Waals surface area (Å²) < 4.78 is 0. The molecule has 24 heavy (non-hydrogen) atoms. The number of benzene rings is 1. The Bertz CT molecular complexity index is 538. The lowest BCUT2D eigenvalue weighted by atomic mass is 10.1. The van der Waals surface area contributed by atoms with Gasteiger partial charge in [-0.05, 0) is 70.2 Å². The lowest BCUT2D eigenvalue weighted by molar-refractivity contribution is -0.116. The Morgan fingerprint density at radius 3 is 2.29 bits per heavy atom. The zero-order valence-electron chi connectivity index (χ0n) is 14.2. The van der Waals surface area contributed by atoms with Crippen molar-refractivity contribution in [1.29, 1.82) is 0 Å². The van der Waals surface area contributed by atoms with Crippen molar-refractivity contribution in [2.24, 2.45) is 5.73 Å². The average molecular weight is 333 g/mol. The van der Waals surface area contributed by atoms with Crippen molar-refractivity contribution in [2.45, 2.75) is 31.7 Å². The Balaban J connectivity index is 1.76. The molecule has 2 rings (SSSR count). The van der Waals surface area contributed by atoms with Gasteiger partial charge in [0.05, 0.1) is 0 Å². The standard InChI is InChI=1S/C17H27N5O2/c1-22-11-8-15(9-12-22)21-17(24)20-14-6-4-13(5-7-14)19-16(23)3-2-10-18/h4-7,15H,2-3,8-12,18H2,1H3,(H,19,23)(H2,20,21,24). The minimum Gasteiger partial charge on any atom is -0.335 e. The van der Waals surface area contributed by atoms with Crippen LogP contribution in [0.5, 0.6) is 0 Å². The predicted molar refractivity (Wildman–Crippen MR) is 96.0 cm³/mol. The number of nitrogens with two attached hydrogens (primary N) is 1. The SMILES string of the molecule is CN1CCC(NC(=O)Nc2ccc(NC(=O)CCCN)cc2)CC1. The van der Waals surface area contributed by atoms with E-state index in [1.165, 1.54) is 0 Å². The summed E-state index contributed by atoms with van der Waals surface area (Å²) in [7, 11) is 2.09. The topological polar surface area (TPSA) is 99.5 Å². The van der Waals surface area contributed by atoms with E-state index in [9.17, 15) is 9.59 Å². The number of carbonyl (C=O) groups excluding carboxylic acids is 2. The fourth-order valence-corrected chi connectivity index (χ4v) is 2.63. The predicted octanol–water partition coefficient (Wildman–Crippen LogP) is 1.58. The first-order chi connectivity index (χ1) is 11.6. The van der Waals surface area contributed by atoms with E-state index in [4.69, 9.17) is 5.73 Å². The minimum atomic E-state index is -0.190. The number of carbonyl (C=O) groups is 2. The third-order valence-electron chi connectivity index (χ3n) is 4.09. The molecule has 0 aromatic heterocycles. The highest BCUT2D eigenvalue weighted by atomic mass is 16.2. The molecule has 1 heterocycles. The van der Waals surface area contributed by atoms with E-state index in [1.54, 1.807) is 24.3 Å². The van der Waals surface area contributed by atoms with E-state index in [-0.39, 0.29) is 18.0 Å². The molecule has 0 saturated carbocycles. The molecular weight excluding hydrogens is 306 g/mol. The molecule has 7 heteroatoms. The van der Waals surface area contributed by atoms with Gasteiger partial charge in [-0.25, -0.2) is 4.79 Å². The van der Waals surface area contributed by atoms with Crippen LogP contribution in [0.3, 0.4) is 0 Å². The van der Waals surface area contributed by atoms with Gasteiger partial charge in [0.2, 0.25) is 5.91 Å². The second-order valence-corrected chi connectivity index (χ2v) is 6.19. The first-order valence-corrected chi connectivity index (χ1v) is 8.43. The summed E-state index contributed by atoms with van der Waals surface area (Å²) in [4.78, 5) is 25.9. The third kappa shape index (κ3) is 6.17. The van der Waals surface area contributed by atoms with Crippen LogP contribution in [0.2, 0.25) is 0 Å². The fraction of sp³-hybridized carbons (Fsp3) is 0.529. The molecule has 1 aromatic rings. The van der Waals surface area contributed by atoms with Crippen LogP contribution in [0.4, 0.5) is 16.2 Å². The fourth-order valence-electron chi connectivity index (χ4n) is 2.63. The van der Waals surface area contributed by atoms with Crippen LogP contribution < -0.4 is 21.7 Å². The molecule has 1 aromatic carbocycles. The molecule has 1 aliphatic rings. The van der Waals surface area contributed by atoms with Gasteiger partial charge in [0.15, 0.2) is 0 Å². The molecule has 1 fully saturated rings. The molecule has 132 valence electrons. The maximum absolute atomic E-state index is 12.0. The van der Waals surface area contributed by atoms with Crippen molar-refractivity contribution in [2.75, 3.05) is 37.3 Å². The van der Waals surface area contributed by atoms with Gasteiger partial charge in [-0.2, -0.15) is 0 Å². The number of likely N-dealkylation sites (tertiary alicyclic amines) is 1. The van der Waals surface area contributed by atoms with Crippen LogP contribution in [0.15, 0.2) is 24.3 Å². The van der Waals surface area contributed by atoms with Gasteiger partial charge >= 0.3 is 6.03 Å². The van der Waals surface area contributed by atoms with Gasteiger partial charge in [-0.1, -0.05) is 0 Å². The summed E-state index contributed by atoms with van der Waals surface area (Å²) in [6.45, 7) is 2.51. The van der Waals surface area contributed by atoms with Crippen molar-refractivity contribution in [3.63, 3.8) is 0 Å². The van der Waals surface area contributed by atoms with Crippen LogP contribution in [0.25, 0.3) is 0 Å². The Kier molecular flexibility index (Phi) is 7.02. The maximum Gasteiger partial charge on any atom is 0.319 e. The van der Waals surface area contributed by atoms with Gasteiger partial charge in [-0.3, -0.25) is 4.79 Å². The third-order valence-corrected chi connectivity index (χ3v) is 4.09.